The molecule has 0 aliphatic carbocycles. The molecule has 2 N–H and O–H groups in total. The van der Waals surface area contributed by atoms with E-state index >= 15 is 0 Å². The quantitative estimate of drug-likeness (QED) is 0.357. The number of hydrogen-bond acceptors (Lipinski definition) is 5. The van der Waals surface area contributed by atoms with E-state index in [1.807, 2.05) is 25.1 Å². The number of nitrogens with one attached hydrogen (secondary N) is 1. The van der Waals surface area contributed by atoms with Crippen LogP contribution in [-0.4, -0.2) is 19.5 Å². The summed E-state index contributed by atoms with van der Waals surface area (Å²) in [5.74, 6) is -0.615. The maximum absolute atomic E-state index is 13.0. The van der Waals surface area contributed by atoms with Gasteiger partial charge in [-0.15, -0.1) is 11.8 Å². The topological polar surface area (TPSA) is 96.6 Å². The van der Waals surface area contributed by atoms with Crippen LogP contribution in [0.25, 0.3) is 11.0 Å². The zero-order chi connectivity index (χ0) is 22.0. The number of carboxylic acid groups (broad SMARTS) is 1. The van der Waals surface area contributed by atoms with Gasteiger partial charge < -0.3 is 9.52 Å². The van der Waals surface area contributed by atoms with Crippen molar-refractivity contribution in [3.8, 4) is 0 Å². The normalized spacial score (nSPS) is 11.5. The third-order valence-corrected chi connectivity index (χ3v) is 7.02. The van der Waals surface area contributed by atoms with Gasteiger partial charge in [0.25, 0.3) is 10.0 Å². The summed E-state index contributed by atoms with van der Waals surface area (Å²) in [7, 11) is -3.94. The van der Waals surface area contributed by atoms with Crippen molar-refractivity contribution < 1.29 is 22.7 Å². The molecule has 31 heavy (non-hydrogen) atoms. The zero-order valence-corrected chi connectivity index (χ0v) is 18.2. The molecule has 158 valence electrons. The minimum Gasteiger partial charge on any atom is -0.478 e. The summed E-state index contributed by atoms with van der Waals surface area (Å²) in [5, 5.41) is 9.92. The third-order valence-electron chi connectivity index (χ3n) is 4.68. The van der Waals surface area contributed by atoms with Gasteiger partial charge in [0.05, 0.1) is 11.3 Å². The number of fused-ring (bicyclic) bond motifs is 1. The van der Waals surface area contributed by atoms with Crippen LogP contribution < -0.4 is 4.72 Å². The summed E-state index contributed by atoms with van der Waals surface area (Å²) >= 11 is 1.36. The van der Waals surface area contributed by atoms with E-state index in [4.69, 9.17) is 4.42 Å². The van der Waals surface area contributed by atoms with Gasteiger partial charge in [-0.05, 0) is 42.3 Å². The van der Waals surface area contributed by atoms with Crippen LogP contribution >= 0.6 is 11.8 Å². The van der Waals surface area contributed by atoms with E-state index in [-0.39, 0.29) is 10.7 Å². The van der Waals surface area contributed by atoms with Crippen molar-refractivity contribution in [3.63, 3.8) is 0 Å². The molecule has 0 aliphatic heterocycles. The number of thioether (sulfide) groups is 1. The maximum Gasteiger partial charge on any atom is 0.335 e. The van der Waals surface area contributed by atoms with Gasteiger partial charge in [-0.2, -0.15) is 8.42 Å². The second kappa shape index (κ2) is 8.49. The molecule has 0 spiro atoms. The maximum atomic E-state index is 13.0. The molecule has 0 radical (unpaired) electrons. The van der Waals surface area contributed by atoms with E-state index in [9.17, 15) is 18.3 Å². The fourth-order valence-electron chi connectivity index (χ4n) is 3.14. The second-order valence-corrected chi connectivity index (χ2v) is 9.59. The first-order chi connectivity index (χ1) is 14.8. The number of benzene rings is 3. The van der Waals surface area contributed by atoms with Crippen LogP contribution in [0.5, 0.6) is 0 Å². The van der Waals surface area contributed by atoms with E-state index in [2.05, 4.69) is 4.72 Å². The van der Waals surface area contributed by atoms with Crippen molar-refractivity contribution in [1.29, 1.82) is 0 Å². The average molecular weight is 454 g/mol. The summed E-state index contributed by atoms with van der Waals surface area (Å²) in [6.45, 7) is 1.87. The Morgan fingerprint density at radius 3 is 2.55 bits per heavy atom. The number of carboxylic acids is 1. The minimum atomic E-state index is -3.94. The second-order valence-electron chi connectivity index (χ2n) is 6.96. The lowest BCUT2D eigenvalue weighted by molar-refractivity contribution is 0.0696. The molecule has 6 nitrogen and oxygen atoms in total. The number of para-hydroxylation sites is 1. The lowest BCUT2D eigenvalue weighted by Gasteiger charge is -2.13. The highest BCUT2D eigenvalue weighted by atomic mass is 32.2. The lowest BCUT2D eigenvalue weighted by atomic mass is 10.1. The summed E-state index contributed by atoms with van der Waals surface area (Å²) in [6.07, 6.45) is 0. The van der Waals surface area contributed by atoms with Gasteiger partial charge in [0.1, 0.15) is 5.58 Å². The Labute approximate surface area is 184 Å². The zero-order valence-electron chi connectivity index (χ0n) is 16.5. The molecule has 3 aromatic carbocycles. The van der Waals surface area contributed by atoms with Crippen LogP contribution in [0.1, 0.15) is 21.5 Å². The van der Waals surface area contributed by atoms with Crippen LogP contribution in [0.4, 0.5) is 5.69 Å². The summed E-state index contributed by atoms with van der Waals surface area (Å²) < 4.78 is 34.1. The molecule has 0 atom stereocenters. The molecule has 0 saturated carbocycles. The average Bonchev–Trinajstić information content (AvgIpc) is 3.18. The molecule has 1 heterocycles. The highest BCUT2D eigenvalue weighted by Gasteiger charge is 2.21. The number of aryl methyl sites for hydroxylation is 1. The number of aromatic carboxylic acids is 1. The lowest BCUT2D eigenvalue weighted by Crippen LogP contribution is -2.13. The van der Waals surface area contributed by atoms with Gasteiger partial charge in [0.2, 0.25) is 5.09 Å². The summed E-state index contributed by atoms with van der Waals surface area (Å²) in [5.41, 5.74) is 2.68. The molecular formula is C23H19NO5S2. The first-order valence-corrected chi connectivity index (χ1v) is 11.9. The molecule has 4 aromatic rings. The Morgan fingerprint density at radius 2 is 1.77 bits per heavy atom. The van der Waals surface area contributed by atoms with Crippen LogP contribution in [0, 0.1) is 6.92 Å². The van der Waals surface area contributed by atoms with Gasteiger partial charge in [0.15, 0.2) is 0 Å². The smallest absolute Gasteiger partial charge is 0.335 e. The Hall–Kier alpha value is -3.23. The van der Waals surface area contributed by atoms with Crippen molar-refractivity contribution >= 4 is 44.4 Å². The van der Waals surface area contributed by atoms with Gasteiger partial charge in [-0.1, -0.05) is 42.5 Å². The summed E-state index contributed by atoms with van der Waals surface area (Å²) in [4.78, 5) is 12.1. The van der Waals surface area contributed by atoms with Crippen molar-refractivity contribution in [2.75, 3.05) is 4.72 Å². The number of furan rings is 1. The van der Waals surface area contributed by atoms with Crippen LogP contribution in [0.3, 0.4) is 0 Å². The molecule has 0 bridgehead atoms. The number of rotatable bonds is 7. The van der Waals surface area contributed by atoms with Gasteiger partial charge in [0, 0.05) is 22.1 Å². The SMILES string of the molecule is Cc1ccc(SCc2ccccc2C(=O)O)c(NS(=O)(=O)c2cc3ccccc3o2)c1. The Kier molecular flexibility index (Phi) is 5.75. The van der Waals surface area contributed by atoms with Gasteiger partial charge in [-0.3, -0.25) is 4.72 Å². The standard InChI is InChI=1S/C23H19NO5S2/c1-15-10-11-21(30-14-17-7-2-4-8-18(17)23(25)26)19(12-15)24-31(27,28)22-13-16-6-3-5-9-20(16)29-22/h2-13,24H,14H2,1H3,(H,25,26). The van der Waals surface area contributed by atoms with Crippen LogP contribution in [0.15, 0.2) is 87.2 Å². The van der Waals surface area contributed by atoms with Crippen molar-refractivity contribution in [2.45, 2.75) is 22.7 Å². The molecule has 0 fully saturated rings. The highest BCUT2D eigenvalue weighted by Crippen LogP contribution is 2.33. The summed E-state index contributed by atoms with van der Waals surface area (Å²) in [6, 6.07) is 20.8. The predicted octanol–water partition coefficient (Wildman–Crippen LogP) is 5.53. The fraction of sp³-hybridized carbons (Fsp3) is 0.0870. The largest absolute Gasteiger partial charge is 0.478 e. The first-order valence-electron chi connectivity index (χ1n) is 9.39. The molecule has 1 aromatic heterocycles. The number of carbonyl (C=O) groups is 1. The van der Waals surface area contributed by atoms with E-state index in [1.54, 1.807) is 48.5 Å². The Bertz CT molecular complexity index is 1340. The number of hydrogen-bond donors (Lipinski definition) is 2. The molecule has 4 rings (SSSR count). The fourth-order valence-corrected chi connectivity index (χ4v) is 5.24. The van der Waals surface area contributed by atoms with Crippen LogP contribution in [-0.2, 0) is 15.8 Å². The Morgan fingerprint density at radius 1 is 1.03 bits per heavy atom. The Balaban J connectivity index is 1.62. The van der Waals surface area contributed by atoms with Crippen molar-refractivity contribution in [2.24, 2.45) is 0 Å². The molecule has 0 unspecified atom stereocenters. The first kappa shape index (κ1) is 21.0. The predicted molar refractivity (Wildman–Crippen MR) is 121 cm³/mol. The molecule has 0 aliphatic rings. The molecule has 0 saturated heterocycles. The third kappa shape index (κ3) is 4.60. The molecular weight excluding hydrogens is 434 g/mol. The van der Waals surface area contributed by atoms with E-state index in [0.717, 1.165) is 5.56 Å². The van der Waals surface area contributed by atoms with E-state index in [1.165, 1.54) is 17.8 Å². The number of sulfonamides is 1. The number of anilines is 1. The van der Waals surface area contributed by atoms with Crippen molar-refractivity contribution in [1.82, 2.24) is 0 Å². The van der Waals surface area contributed by atoms with Crippen molar-refractivity contribution in [3.05, 3.63) is 89.5 Å². The molecule has 0 amide bonds. The van der Waals surface area contributed by atoms with Gasteiger partial charge in [-0.25, -0.2) is 4.79 Å². The highest BCUT2D eigenvalue weighted by molar-refractivity contribution is 7.98. The van der Waals surface area contributed by atoms with E-state index in [0.29, 0.717) is 32.9 Å². The van der Waals surface area contributed by atoms with Crippen LogP contribution in [0.2, 0.25) is 0 Å². The molecule has 8 heteroatoms. The monoisotopic (exact) mass is 453 g/mol. The van der Waals surface area contributed by atoms with Gasteiger partial charge >= 0.3 is 5.97 Å². The van der Waals surface area contributed by atoms with E-state index < -0.39 is 16.0 Å². The minimum absolute atomic E-state index is 0.164.